The number of nitrogens with one attached hydrogen (secondary N) is 1. The Kier molecular flexibility index (Phi) is 4.60. The molecule has 0 heterocycles. The molecule has 1 aliphatic rings. The summed E-state index contributed by atoms with van der Waals surface area (Å²) in [6.07, 6.45) is 3.44. The standard InChI is InChI=1S/C14H22N2O2S/c1-11-5-6-13(7-11)10-16-19(17,18)14-4-2-3-12(8-14)9-15/h2-4,8,11,13,16H,5-7,9-10,15H2,1H3. The summed E-state index contributed by atoms with van der Waals surface area (Å²) in [6.45, 7) is 3.11. The Morgan fingerprint density at radius 3 is 2.79 bits per heavy atom. The Bertz CT molecular complexity index is 528. The first-order chi connectivity index (χ1) is 9.01. The smallest absolute Gasteiger partial charge is 0.240 e. The molecule has 106 valence electrons. The minimum Gasteiger partial charge on any atom is -0.326 e. The van der Waals surface area contributed by atoms with Crippen LogP contribution in [-0.4, -0.2) is 15.0 Å². The normalized spacial score (nSPS) is 23.7. The average molecular weight is 282 g/mol. The van der Waals surface area contributed by atoms with E-state index in [9.17, 15) is 8.42 Å². The van der Waals surface area contributed by atoms with Crippen molar-refractivity contribution in [2.75, 3.05) is 6.54 Å². The fourth-order valence-electron chi connectivity index (χ4n) is 2.66. The largest absolute Gasteiger partial charge is 0.326 e. The van der Waals surface area contributed by atoms with Gasteiger partial charge in [0.25, 0.3) is 0 Å². The highest BCUT2D eigenvalue weighted by molar-refractivity contribution is 7.89. The fraction of sp³-hybridized carbons (Fsp3) is 0.571. The maximum atomic E-state index is 12.2. The highest BCUT2D eigenvalue weighted by atomic mass is 32.2. The molecule has 19 heavy (non-hydrogen) atoms. The fourth-order valence-corrected chi connectivity index (χ4v) is 3.85. The molecule has 2 rings (SSSR count). The van der Waals surface area contributed by atoms with E-state index in [4.69, 9.17) is 5.73 Å². The van der Waals surface area contributed by atoms with Crippen molar-refractivity contribution in [1.29, 1.82) is 0 Å². The first kappa shape index (κ1) is 14.5. The first-order valence-electron chi connectivity index (χ1n) is 6.80. The van der Waals surface area contributed by atoms with Crippen molar-refractivity contribution < 1.29 is 8.42 Å². The minimum absolute atomic E-state index is 0.307. The molecule has 0 amide bonds. The van der Waals surface area contributed by atoms with Crippen molar-refractivity contribution in [3.63, 3.8) is 0 Å². The third kappa shape index (κ3) is 3.78. The molecule has 2 unspecified atom stereocenters. The van der Waals surface area contributed by atoms with Crippen LogP contribution in [0.4, 0.5) is 0 Å². The monoisotopic (exact) mass is 282 g/mol. The third-order valence-electron chi connectivity index (χ3n) is 3.81. The topological polar surface area (TPSA) is 72.2 Å². The van der Waals surface area contributed by atoms with Crippen molar-refractivity contribution >= 4 is 10.0 Å². The molecule has 3 N–H and O–H groups in total. The van der Waals surface area contributed by atoms with Crippen LogP contribution in [0.5, 0.6) is 0 Å². The molecule has 1 aromatic rings. The summed E-state index contributed by atoms with van der Waals surface area (Å²) in [5.74, 6) is 1.19. The average Bonchev–Trinajstić information content (AvgIpc) is 2.82. The Hall–Kier alpha value is -0.910. The molecular weight excluding hydrogens is 260 g/mol. The van der Waals surface area contributed by atoms with Crippen LogP contribution < -0.4 is 10.5 Å². The lowest BCUT2D eigenvalue weighted by molar-refractivity contribution is 0.498. The van der Waals surface area contributed by atoms with Gasteiger partial charge in [-0.1, -0.05) is 25.5 Å². The van der Waals surface area contributed by atoms with E-state index in [-0.39, 0.29) is 0 Å². The van der Waals surface area contributed by atoms with E-state index in [1.165, 1.54) is 6.42 Å². The van der Waals surface area contributed by atoms with Crippen molar-refractivity contribution in [2.45, 2.75) is 37.6 Å². The molecule has 0 radical (unpaired) electrons. The van der Waals surface area contributed by atoms with E-state index < -0.39 is 10.0 Å². The molecule has 1 saturated carbocycles. The number of benzene rings is 1. The molecule has 0 saturated heterocycles. The summed E-state index contributed by atoms with van der Waals surface area (Å²) in [6, 6.07) is 6.81. The van der Waals surface area contributed by atoms with Gasteiger partial charge < -0.3 is 5.73 Å². The number of hydrogen-bond acceptors (Lipinski definition) is 3. The molecule has 0 bridgehead atoms. The van der Waals surface area contributed by atoms with Crippen molar-refractivity contribution in [1.82, 2.24) is 4.72 Å². The van der Waals surface area contributed by atoms with Crippen LogP contribution in [0, 0.1) is 11.8 Å². The van der Waals surface area contributed by atoms with Gasteiger partial charge >= 0.3 is 0 Å². The van der Waals surface area contributed by atoms with Gasteiger partial charge in [0.2, 0.25) is 10.0 Å². The van der Waals surface area contributed by atoms with Gasteiger partial charge in [-0.15, -0.1) is 0 Å². The predicted molar refractivity (Wildman–Crippen MR) is 76.0 cm³/mol. The van der Waals surface area contributed by atoms with Gasteiger partial charge in [-0.05, 0) is 42.4 Å². The van der Waals surface area contributed by atoms with Crippen molar-refractivity contribution in [3.8, 4) is 0 Å². The zero-order valence-electron chi connectivity index (χ0n) is 11.3. The van der Waals surface area contributed by atoms with Crippen LogP contribution in [-0.2, 0) is 16.6 Å². The minimum atomic E-state index is -3.40. The Morgan fingerprint density at radius 1 is 1.37 bits per heavy atom. The third-order valence-corrected chi connectivity index (χ3v) is 5.23. The Balaban J connectivity index is 2.01. The van der Waals surface area contributed by atoms with E-state index in [2.05, 4.69) is 11.6 Å². The van der Waals surface area contributed by atoms with E-state index in [1.54, 1.807) is 18.2 Å². The van der Waals surface area contributed by atoms with Gasteiger partial charge in [0.1, 0.15) is 0 Å². The van der Waals surface area contributed by atoms with Crippen LogP contribution in [0.25, 0.3) is 0 Å². The van der Waals surface area contributed by atoms with Gasteiger partial charge in [0.05, 0.1) is 4.90 Å². The van der Waals surface area contributed by atoms with Gasteiger partial charge in [-0.25, -0.2) is 13.1 Å². The second-order valence-electron chi connectivity index (χ2n) is 5.49. The second kappa shape index (κ2) is 6.03. The maximum Gasteiger partial charge on any atom is 0.240 e. The van der Waals surface area contributed by atoms with Gasteiger partial charge in [-0.3, -0.25) is 0 Å². The van der Waals surface area contributed by atoms with Crippen LogP contribution in [0.15, 0.2) is 29.2 Å². The zero-order valence-corrected chi connectivity index (χ0v) is 12.1. The van der Waals surface area contributed by atoms with Crippen LogP contribution in [0.2, 0.25) is 0 Å². The molecule has 1 fully saturated rings. The number of sulfonamides is 1. The van der Waals surface area contributed by atoms with Crippen molar-refractivity contribution in [3.05, 3.63) is 29.8 Å². The molecule has 1 aliphatic carbocycles. The van der Waals surface area contributed by atoms with Gasteiger partial charge in [0, 0.05) is 13.1 Å². The quantitative estimate of drug-likeness (QED) is 0.866. The lowest BCUT2D eigenvalue weighted by Crippen LogP contribution is -2.28. The highest BCUT2D eigenvalue weighted by Gasteiger charge is 2.23. The molecule has 0 spiro atoms. The predicted octanol–water partition coefficient (Wildman–Crippen LogP) is 1.86. The number of rotatable bonds is 5. The van der Waals surface area contributed by atoms with Gasteiger partial charge in [-0.2, -0.15) is 0 Å². The molecule has 0 aromatic heterocycles. The molecule has 0 aliphatic heterocycles. The van der Waals surface area contributed by atoms with Crippen LogP contribution in [0.3, 0.4) is 0 Å². The zero-order chi connectivity index (χ0) is 13.9. The molecule has 1 aromatic carbocycles. The Morgan fingerprint density at radius 2 is 2.16 bits per heavy atom. The molecule has 4 nitrogen and oxygen atoms in total. The lowest BCUT2D eigenvalue weighted by Gasteiger charge is -2.12. The van der Waals surface area contributed by atoms with E-state index in [0.29, 0.717) is 23.9 Å². The summed E-state index contributed by atoms with van der Waals surface area (Å²) in [5, 5.41) is 0. The number of nitrogens with two attached hydrogens (primary N) is 1. The maximum absolute atomic E-state index is 12.2. The molecule has 2 atom stereocenters. The highest BCUT2D eigenvalue weighted by Crippen LogP contribution is 2.29. The molecule has 5 heteroatoms. The summed E-state index contributed by atoms with van der Waals surface area (Å²) >= 11 is 0. The van der Waals surface area contributed by atoms with Crippen LogP contribution in [0.1, 0.15) is 31.7 Å². The lowest BCUT2D eigenvalue weighted by atomic mass is 10.1. The van der Waals surface area contributed by atoms with Gasteiger partial charge in [0.15, 0.2) is 0 Å². The SMILES string of the molecule is CC1CCC(CNS(=O)(=O)c2cccc(CN)c2)C1. The summed E-state index contributed by atoms with van der Waals surface area (Å²) < 4.78 is 27.1. The second-order valence-corrected chi connectivity index (χ2v) is 7.25. The number of hydrogen-bond donors (Lipinski definition) is 2. The van der Waals surface area contributed by atoms with E-state index >= 15 is 0 Å². The molecular formula is C14H22N2O2S. The van der Waals surface area contributed by atoms with E-state index in [0.717, 1.165) is 24.3 Å². The summed E-state index contributed by atoms with van der Waals surface area (Å²) in [5.41, 5.74) is 6.37. The first-order valence-corrected chi connectivity index (χ1v) is 8.28. The Labute approximate surface area is 115 Å². The summed E-state index contributed by atoms with van der Waals surface area (Å²) in [7, 11) is -3.40. The summed E-state index contributed by atoms with van der Waals surface area (Å²) in [4.78, 5) is 0.307. The van der Waals surface area contributed by atoms with E-state index in [1.807, 2.05) is 6.07 Å². The van der Waals surface area contributed by atoms with Crippen molar-refractivity contribution in [2.24, 2.45) is 17.6 Å². The van der Waals surface area contributed by atoms with Crippen LogP contribution >= 0.6 is 0 Å².